The number of ether oxygens (including phenoxy) is 2. The van der Waals surface area contributed by atoms with E-state index in [9.17, 15) is 5.11 Å². The molecule has 0 bridgehead atoms. The third-order valence-electron chi connectivity index (χ3n) is 1.42. The van der Waals surface area contributed by atoms with Crippen LogP contribution in [0.3, 0.4) is 0 Å². The first-order valence-corrected chi connectivity index (χ1v) is 4.20. The summed E-state index contributed by atoms with van der Waals surface area (Å²) in [6.45, 7) is 3.37. The molecule has 0 saturated carbocycles. The molecule has 71 valence electrons. The van der Waals surface area contributed by atoms with E-state index in [1.54, 1.807) is 24.3 Å². The second-order valence-electron chi connectivity index (χ2n) is 2.90. The smallest absolute Gasteiger partial charge is 0.221 e. The minimum atomic E-state index is -0.551. The van der Waals surface area contributed by atoms with Gasteiger partial charge in [0, 0.05) is 0 Å². The van der Waals surface area contributed by atoms with Crippen LogP contribution in [0.25, 0.3) is 0 Å². The van der Waals surface area contributed by atoms with Gasteiger partial charge in [-0.15, -0.1) is 0 Å². The zero-order valence-electron chi connectivity index (χ0n) is 7.82. The Hall–Kier alpha value is -1.22. The highest BCUT2D eigenvalue weighted by Crippen LogP contribution is 2.18. The van der Waals surface area contributed by atoms with E-state index in [0.717, 1.165) is 5.75 Å². The van der Waals surface area contributed by atoms with Crippen molar-refractivity contribution >= 4 is 0 Å². The minimum absolute atomic E-state index is 0.159. The van der Waals surface area contributed by atoms with E-state index < -0.39 is 6.79 Å². The van der Waals surface area contributed by atoms with Gasteiger partial charge in [0.05, 0.1) is 6.10 Å². The van der Waals surface area contributed by atoms with Gasteiger partial charge in [0.2, 0.25) is 6.79 Å². The Morgan fingerprint density at radius 3 is 2.15 bits per heavy atom. The molecule has 0 fully saturated rings. The largest absolute Gasteiger partial charge is 0.491 e. The Morgan fingerprint density at radius 1 is 1.15 bits per heavy atom. The monoisotopic (exact) mass is 181 g/mol. The standard InChI is InChI=1S/C10H13O3/c1-8(2)13-10-5-3-9(4-6-10)12-7-11/h3-6,8H,7H2,1-2H3. The average molecular weight is 181 g/mol. The van der Waals surface area contributed by atoms with E-state index in [-0.39, 0.29) is 6.10 Å². The zero-order chi connectivity index (χ0) is 9.68. The molecule has 0 saturated heterocycles. The fraction of sp³-hybridized carbons (Fsp3) is 0.400. The van der Waals surface area contributed by atoms with E-state index in [2.05, 4.69) is 0 Å². The summed E-state index contributed by atoms with van der Waals surface area (Å²) in [6.07, 6.45) is 0.159. The Kier molecular flexibility index (Phi) is 3.58. The number of hydrogen-bond acceptors (Lipinski definition) is 2. The summed E-state index contributed by atoms with van der Waals surface area (Å²) in [7, 11) is 0. The van der Waals surface area contributed by atoms with Gasteiger partial charge in [0.1, 0.15) is 11.5 Å². The summed E-state index contributed by atoms with van der Waals surface area (Å²) in [5.41, 5.74) is 0. The van der Waals surface area contributed by atoms with Gasteiger partial charge in [0.25, 0.3) is 0 Å². The molecular formula is C10H13O3. The van der Waals surface area contributed by atoms with Gasteiger partial charge in [-0.25, -0.2) is 0 Å². The third-order valence-corrected chi connectivity index (χ3v) is 1.42. The van der Waals surface area contributed by atoms with Crippen LogP contribution >= 0.6 is 0 Å². The highest BCUT2D eigenvalue weighted by Gasteiger charge is 1.97. The highest BCUT2D eigenvalue weighted by molar-refractivity contribution is 5.31. The van der Waals surface area contributed by atoms with Gasteiger partial charge in [0.15, 0.2) is 0 Å². The first kappa shape index (κ1) is 9.86. The zero-order valence-corrected chi connectivity index (χ0v) is 7.82. The van der Waals surface area contributed by atoms with Crippen molar-refractivity contribution in [3.63, 3.8) is 0 Å². The maximum Gasteiger partial charge on any atom is 0.221 e. The lowest BCUT2D eigenvalue weighted by atomic mass is 10.3. The molecule has 0 aromatic heterocycles. The van der Waals surface area contributed by atoms with Crippen molar-refractivity contribution in [1.82, 2.24) is 0 Å². The van der Waals surface area contributed by atoms with Crippen LogP contribution in [0.4, 0.5) is 0 Å². The minimum Gasteiger partial charge on any atom is -0.491 e. The molecule has 1 rings (SSSR count). The van der Waals surface area contributed by atoms with E-state index in [1.165, 1.54) is 0 Å². The fourth-order valence-corrected chi connectivity index (χ4v) is 0.955. The molecule has 0 atom stereocenters. The fourth-order valence-electron chi connectivity index (χ4n) is 0.955. The molecule has 0 spiro atoms. The summed E-state index contributed by atoms with van der Waals surface area (Å²) >= 11 is 0. The molecule has 3 nitrogen and oxygen atoms in total. The van der Waals surface area contributed by atoms with Crippen LogP contribution < -0.4 is 9.47 Å². The Bertz CT molecular complexity index is 241. The van der Waals surface area contributed by atoms with Crippen LogP contribution in [0, 0.1) is 0 Å². The maximum absolute atomic E-state index is 10.1. The van der Waals surface area contributed by atoms with Gasteiger partial charge in [-0.05, 0) is 38.1 Å². The van der Waals surface area contributed by atoms with Crippen LogP contribution in [-0.4, -0.2) is 12.9 Å². The van der Waals surface area contributed by atoms with Crippen molar-refractivity contribution in [1.29, 1.82) is 0 Å². The van der Waals surface area contributed by atoms with Crippen LogP contribution in [0.2, 0.25) is 0 Å². The van der Waals surface area contributed by atoms with Crippen LogP contribution in [0.5, 0.6) is 11.5 Å². The first-order valence-electron chi connectivity index (χ1n) is 4.20. The molecule has 3 heteroatoms. The first-order chi connectivity index (χ1) is 6.22. The Morgan fingerprint density at radius 2 is 1.69 bits per heavy atom. The van der Waals surface area contributed by atoms with E-state index >= 15 is 0 Å². The number of hydrogen-bond donors (Lipinski definition) is 0. The van der Waals surface area contributed by atoms with E-state index in [4.69, 9.17) is 9.47 Å². The second kappa shape index (κ2) is 4.72. The van der Waals surface area contributed by atoms with Gasteiger partial charge in [-0.3, -0.25) is 0 Å². The summed E-state index contributed by atoms with van der Waals surface area (Å²) in [5.74, 6) is 1.36. The number of rotatable bonds is 4. The molecule has 0 aliphatic carbocycles. The summed E-state index contributed by atoms with van der Waals surface area (Å²) in [5, 5.41) is 10.1. The lowest BCUT2D eigenvalue weighted by Crippen LogP contribution is -2.05. The Balaban J connectivity index is 2.59. The maximum atomic E-state index is 10.1. The molecule has 1 radical (unpaired) electrons. The van der Waals surface area contributed by atoms with Crippen LogP contribution in [0.15, 0.2) is 24.3 Å². The van der Waals surface area contributed by atoms with E-state index in [0.29, 0.717) is 5.75 Å². The molecule has 0 N–H and O–H groups in total. The number of benzene rings is 1. The normalized spacial score (nSPS) is 10.2. The van der Waals surface area contributed by atoms with Crippen molar-refractivity contribution in [3.8, 4) is 11.5 Å². The SMILES string of the molecule is CC(C)Oc1ccc(OC[O])cc1. The summed E-state index contributed by atoms with van der Waals surface area (Å²) in [6, 6.07) is 7.00. The van der Waals surface area contributed by atoms with Crippen molar-refractivity contribution in [3.05, 3.63) is 24.3 Å². The molecule has 0 heterocycles. The molecule has 13 heavy (non-hydrogen) atoms. The van der Waals surface area contributed by atoms with Gasteiger partial charge < -0.3 is 9.47 Å². The van der Waals surface area contributed by atoms with Crippen molar-refractivity contribution in [2.24, 2.45) is 0 Å². The van der Waals surface area contributed by atoms with Crippen LogP contribution in [-0.2, 0) is 5.11 Å². The van der Waals surface area contributed by atoms with Crippen molar-refractivity contribution in [2.75, 3.05) is 6.79 Å². The van der Waals surface area contributed by atoms with Crippen LogP contribution in [0.1, 0.15) is 13.8 Å². The van der Waals surface area contributed by atoms with E-state index in [1.807, 2.05) is 13.8 Å². The molecule has 1 aromatic rings. The Labute approximate surface area is 77.9 Å². The predicted octanol–water partition coefficient (Wildman–Crippen LogP) is 2.24. The molecule has 0 aliphatic heterocycles. The molecule has 0 unspecified atom stereocenters. The third kappa shape index (κ3) is 3.34. The van der Waals surface area contributed by atoms with Gasteiger partial charge >= 0.3 is 0 Å². The van der Waals surface area contributed by atoms with Gasteiger partial charge in [-0.2, -0.15) is 5.11 Å². The molecule has 0 amide bonds. The molecular weight excluding hydrogens is 168 g/mol. The lowest BCUT2D eigenvalue weighted by molar-refractivity contribution is 0.0375. The predicted molar refractivity (Wildman–Crippen MR) is 48.4 cm³/mol. The van der Waals surface area contributed by atoms with Gasteiger partial charge in [-0.1, -0.05) is 0 Å². The lowest BCUT2D eigenvalue weighted by Gasteiger charge is -2.09. The summed E-state index contributed by atoms with van der Waals surface area (Å²) in [4.78, 5) is 0. The molecule has 0 aliphatic rings. The molecule has 1 aromatic carbocycles. The quantitative estimate of drug-likeness (QED) is 0.668. The van der Waals surface area contributed by atoms with Crippen molar-refractivity contribution < 1.29 is 14.6 Å². The topological polar surface area (TPSA) is 38.4 Å². The summed E-state index contributed by atoms with van der Waals surface area (Å²) < 4.78 is 10.2. The highest BCUT2D eigenvalue weighted by atomic mass is 16.6. The average Bonchev–Trinajstić information content (AvgIpc) is 2.08. The second-order valence-corrected chi connectivity index (χ2v) is 2.90. The van der Waals surface area contributed by atoms with Crippen molar-refractivity contribution in [2.45, 2.75) is 20.0 Å².